The van der Waals surface area contributed by atoms with Gasteiger partial charge in [-0.15, -0.1) is 0 Å². The molecule has 0 radical (unpaired) electrons. The fraction of sp³-hybridized carbons (Fsp3) is 0.0714. The molecule has 21 heavy (non-hydrogen) atoms. The van der Waals surface area contributed by atoms with Gasteiger partial charge in [-0.25, -0.2) is 0 Å². The average molecular weight is 325 g/mol. The van der Waals surface area contributed by atoms with Crippen molar-refractivity contribution >= 4 is 34.8 Å². The van der Waals surface area contributed by atoms with Gasteiger partial charge in [0.1, 0.15) is 0 Å². The average Bonchev–Trinajstić information content (AvgIpc) is 2.95. The van der Waals surface area contributed by atoms with Crippen LogP contribution in [-0.2, 0) is 0 Å². The van der Waals surface area contributed by atoms with E-state index in [0.29, 0.717) is 32.8 Å². The quantitative estimate of drug-likeness (QED) is 0.848. The molecule has 0 fully saturated rings. The molecule has 0 saturated carbocycles. The predicted octanol–water partition coefficient (Wildman–Crippen LogP) is 3.48. The van der Waals surface area contributed by atoms with Gasteiger partial charge in [0.15, 0.2) is 11.5 Å². The highest BCUT2D eigenvalue weighted by atomic mass is 35.5. The van der Waals surface area contributed by atoms with Crippen LogP contribution in [-0.4, -0.2) is 12.7 Å². The lowest BCUT2D eigenvalue weighted by molar-refractivity contribution is 0.0962. The summed E-state index contributed by atoms with van der Waals surface area (Å²) in [4.78, 5) is 12.0. The minimum absolute atomic E-state index is 0.169. The van der Waals surface area contributed by atoms with Gasteiger partial charge in [0, 0.05) is 5.56 Å². The molecule has 0 atom stereocenters. The van der Waals surface area contributed by atoms with Crippen LogP contribution in [0.15, 0.2) is 36.4 Å². The molecule has 0 spiro atoms. The molecule has 3 rings (SSSR count). The minimum atomic E-state index is -0.306. The van der Waals surface area contributed by atoms with Crippen LogP contribution in [0.1, 0.15) is 10.4 Å². The zero-order valence-corrected chi connectivity index (χ0v) is 12.2. The Balaban J connectivity index is 1.67. The van der Waals surface area contributed by atoms with Crippen molar-refractivity contribution in [3.05, 3.63) is 52.0 Å². The third kappa shape index (κ3) is 2.99. The number of fused-ring (bicyclic) bond motifs is 1. The predicted molar refractivity (Wildman–Crippen MR) is 80.1 cm³/mol. The largest absolute Gasteiger partial charge is 0.454 e. The van der Waals surface area contributed by atoms with E-state index in [0.717, 1.165) is 0 Å². The first kappa shape index (κ1) is 13.9. The maximum atomic E-state index is 12.0. The van der Waals surface area contributed by atoms with E-state index in [1.807, 2.05) is 0 Å². The number of hydrazine groups is 1. The molecular weight excluding hydrogens is 315 g/mol. The van der Waals surface area contributed by atoms with Gasteiger partial charge in [0.05, 0.1) is 15.7 Å². The van der Waals surface area contributed by atoms with Crippen molar-refractivity contribution in [2.24, 2.45) is 0 Å². The van der Waals surface area contributed by atoms with Crippen molar-refractivity contribution in [1.29, 1.82) is 0 Å². The van der Waals surface area contributed by atoms with Crippen LogP contribution in [0.2, 0.25) is 10.0 Å². The number of ether oxygens (including phenoxy) is 2. The van der Waals surface area contributed by atoms with Crippen LogP contribution in [0.25, 0.3) is 0 Å². The second kappa shape index (κ2) is 5.71. The van der Waals surface area contributed by atoms with Gasteiger partial charge in [0.2, 0.25) is 6.79 Å². The first-order chi connectivity index (χ1) is 10.1. The van der Waals surface area contributed by atoms with Gasteiger partial charge >= 0.3 is 0 Å². The lowest BCUT2D eigenvalue weighted by Gasteiger charge is -2.09. The van der Waals surface area contributed by atoms with Gasteiger partial charge in [-0.1, -0.05) is 23.2 Å². The number of anilines is 1. The highest BCUT2D eigenvalue weighted by Gasteiger charge is 2.16. The number of nitrogens with one attached hydrogen (secondary N) is 2. The molecule has 0 unspecified atom stereocenters. The van der Waals surface area contributed by atoms with Crippen LogP contribution >= 0.6 is 23.2 Å². The summed E-state index contributed by atoms with van der Waals surface area (Å²) in [7, 11) is 0. The third-order valence-corrected chi connectivity index (χ3v) is 3.61. The Morgan fingerprint density at radius 1 is 1.00 bits per heavy atom. The SMILES string of the molecule is O=C(NNc1ccc(Cl)c(Cl)c1)c1ccc2c(c1)OCO2. The summed E-state index contributed by atoms with van der Waals surface area (Å²) >= 11 is 11.7. The maximum absolute atomic E-state index is 12.0. The number of hydrogen-bond acceptors (Lipinski definition) is 4. The van der Waals surface area contributed by atoms with E-state index in [9.17, 15) is 4.79 Å². The van der Waals surface area contributed by atoms with E-state index in [1.165, 1.54) is 0 Å². The van der Waals surface area contributed by atoms with Crippen molar-refractivity contribution in [3.8, 4) is 11.5 Å². The standard InChI is InChI=1S/C14H10Cl2N2O3/c15-10-3-2-9(6-11(10)16)17-18-14(19)8-1-4-12-13(5-8)21-7-20-12/h1-6,17H,7H2,(H,18,19). The van der Waals surface area contributed by atoms with Crippen LogP contribution in [0.4, 0.5) is 5.69 Å². The van der Waals surface area contributed by atoms with Gasteiger partial charge in [-0.3, -0.25) is 15.6 Å². The lowest BCUT2D eigenvalue weighted by atomic mass is 10.2. The monoisotopic (exact) mass is 324 g/mol. The fourth-order valence-electron chi connectivity index (χ4n) is 1.81. The number of amides is 1. The van der Waals surface area contributed by atoms with Crippen molar-refractivity contribution in [3.63, 3.8) is 0 Å². The Labute approximate surface area is 130 Å². The summed E-state index contributed by atoms with van der Waals surface area (Å²) in [6, 6.07) is 9.92. The number of rotatable bonds is 3. The van der Waals surface area contributed by atoms with E-state index in [1.54, 1.807) is 36.4 Å². The smallest absolute Gasteiger partial charge is 0.269 e. The molecule has 1 amide bonds. The van der Waals surface area contributed by atoms with E-state index < -0.39 is 0 Å². The summed E-state index contributed by atoms with van der Waals surface area (Å²) in [5.74, 6) is 0.876. The first-order valence-corrected chi connectivity index (χ1v) is 6.80. The summed E-state index contributed by atoms with van der Waals surface area (Å²) in [6.45, 7) is 0.169. The summed E-state index contributed by atoms with van der Waals surface area (Å²) in [5.41, 5.74) is 6.40. The molecule has 1 heterocycles. The molecule has 0 saturated heterocycles. The van der Waals surface area contributed by atoms with Crippen molar-refractivity contribution in [2.75, 3.05) is 12.2 Å². The van der Waals surface area contributed by atoms with E-state index >= 15 is 0 Å². The van der Waals surface area contributed by atoms with E-state index in [4.69, 9.17) is 32.7 Å². The highest BCUT2D eigenvalue weighted by molar-refractivity contribution is 6.42. The lowest BCUT2D eigenvalue weighted by Crippen LogP contribution is -2.29. The zero-order chi connectivity index (χ0) is 14.8. The van der Waals surface area contributed by atoms with Crippen LogP contribution in [0.3, 0.4) is 0 Å². The Morgan fingerprint density at radius 2 is 1.81 bits per heavy atom. The summed E-state index contributed by atoms with van der Waals surface area (Å²) in [6.07, 6.45) is 0. The molecule has 0 aromatic heterocycles. The molecule has 5 nitrogen and oxygen atoms in total. The van der Waals surface area contributed by atoms with Gasteiger partial charge in [-0.2, -0.15) is 0 Å². The Kier molecular flexibility index (Phi) is 3.77. The molecule has 2 aromatic rings. The van der Waals surface area contributed by atoms with Crippen LogP contribution in [0.5, 0.6) is 11.5 Å². The number of carbonyl (C=O) groups is 1. The van der Waals surface area contributed by atoms with Crippen LogP contribution in [0, 0.1) is 0 Å². The summed E-state index contributed by atoms with van der Waals surface area (Å²) in [5, 5.41) is 0.850. The highest BCUT2D eigenvalue weighted by Crippen LogP contribution is 2.32. The summed E-state index contributed by atoms with van der Waals surface area (Å²) < 4.78 is 10.4. The molecular formula is C14H10Cl2N2O3. The Morgan fingerprint density at radius 3 is 2.62 bits per heavy atom. The second-order valence-electron chi connectivity index (χ2n) is 4.28. The fourth-order valence-corrected chi connectivity index (χ4v) is 2.11. The molecule has 1 aliphatic heterocycles. The number of halogens is 2. The topological polar surface area (TPSA) is 59.6 Å². The van der Waals surface area contributed by atoms with Gasteiger partial charge < -0.3 is 9.47 Å². The number of hydrogen-bond donors (Lipinski definition) is 2. The molecule has 1 aliphatic rings. The van der Waals surface area contributed by atoms with Crippen molar-refractivity contribution in [2.45, 2.75) is 0 Å². The Hall–Kier alpha value is -2.11. The molecule has 7 heteroatoms. The van der Waals surface area contributed by atoms with E-state index in [2.05, 4.69) is 10.9 Å². The Bertz CT molecular complexity index is 707. The van der Waals surface area contributed by atoms with Gasteiger partial charge in [0.25, 0.3) is 5.91 Å². The number of carbonyl (C=O) groups excluding carboxylic acids is 1. The maximum Gasteiger partial charge on any atom is 0.269 e. The second-order valence-corrected chi connectivity index (χ2v) is 5.09. The van der Waals surface area contributed by atoms with Crippen molar-refractivity contribution in [1.82, 2.24) is 5.43 Å². The third-order valence-electron chi connectivity index (χ3n) is 2.87. The molecule has 0 aliphatic carbocycles. The normalized spacial score (nSPS) is 12.1. The zero-order valence-electron chi connectivity index (χ0n) is 10.7. The van der Waals surface area contributed by atoms with Crippen molar-refractivity contribution < 1.29 is 14.3 Å². The molecule has 2 N–H and O–H groups in total. The first-order valence-electron chi connectivity index (χ1n) is 6.04. The molecule has 0 bridgehead atoms. The van der Waals surface area contributed by atoms with Gasteiger partial charge in [-0.05, 0) is 36.4 Å². The number of benzene rings is 2. The minimum Gasteiger partial charge on any atom is -0.454 e. The van der Waals surface area contributed by atoms with Crippen LogP contribution < -0.4 is 20.3 Å². The van der Waals surface area contributed by atoms with E-state index in [-0.39, 0.29) is 12.7 Å². The molecule has 2 aromatic carbocycles. The molecule has 108 valence electrons.